The summed E-state index contributed by atoms with van der Waals surface area (Å²) in [6.07, 6.45) is 6.53. The highest BCUT2D eigenvalue weighted by Gasteiger charge is 2.35. The Labute approximate surface area is 113 Å². The van der Waals surface area contributed by atoms with E-state index in [9.17, 15) is 5.26 Å². The number of hydrogen-bond acceptors (Lipinski definition) is 2. The lowest BCUT2D eigenvalue weighted by Crippen LogP contribution is -2.43. The van der Waals surface area contributed by atoms with Crippen LogP contribution in [-0.4, -0.2) is 12.6 Å². The Balaban J connectivity index is 1.98. The minimum absolute atomic E-state index is 0.629. The predicted molar refractivity (Wildman–Crippen MR) is 73.9 cm³/mol. The molecule has 0 spiro atoms. The van der Waals surface area contributed by atoms with Crippen molar-refractivity contribution in [1.82, 2.24) is 0 Å². The van der Waals surface area contributed by atoms with Crippen LogP contribution in [0.4, 0.5) is 5.69 Å². The van der Waals surface area contributed by atoms with Gasteiger partial charge in [-0.15, -0.1) is 0 Å². The molecule has 1 heterocycles. The van der Waals surface area contributed by atoms with Crippen LogP contribution in [0.25, 0.3) is 0 Å². The van der Waals surface area contributed by atoms with Gasteiger partial charge in [-0.1, -0.05) is 18.0 Å². The molecule has 2 unspecified atom stereocenters. The molecule has 0 bridgehead atoms. The second-order valence-electron chi connectivity index (χ2n) is 5.37. The molecule has 2 aliphatic rings. The first-order valence-corrected chi connectivity index (χ1v) is 7.13. The van der Waals surface area contributed by atoms with Gasteiger partial charge < -0.3 is 4.90 Å². The quantitative estimate of drug-likeness (QED) is 0.764. The Hall–Kier alpha value is -1.20. The fourth-order valence-corrected chi connectivity index (χ4v) is 3.76. The first-order chi connectivity index (χ1) is 8.79. The van der Waals surface area contributed by atoms with E-state index in [1.54, 1.807) is 6.07 Å². The van der Waals surface area contributed by atoms with Crippen molar-refractivity contribution in [3.05, 3.63) is 28.8 Å². The molecular formula is C15H17ClN2. The summed E-state index contributed by atoms with van der Waals surface area (Å²) in [7, 11) is 0. The van der Waals surface area contributed by atoms with Crippen molar-refractivity contribution in [1.29, 1.82) is 5.26 Å². The summed E-state index contributed by atoms with van der Waals surface area (Å²) in [6.45, 7) is 1.07. The summed E-state index contributed by atoms with van der Waals surface area (Å²) in [5.74, 6) is 0.823. The van der Waals surface area contributed by atoms with Gasteiger partial charge in [0.1, 0.15) is 6.07 Å². The van der Waals surface area contributed by atoms with Crippen LogP contribution < -0.4 is 4.90 Å². The summed E-state index contributed by atoms with van der Waals surface area (Å²) >= 11 is 6.10. The van der Waals surface area contributed by atoms with Gasteiger partial charge in [-0.25, -0.2) is 0 Å². The molecule has 1 aromatic carbocycles. The van der Waals surface area contributed by atoms with Crippen molar-refractivity contribution in [2.45, 2.75) is 38.1 Å². The topological polar surface area (TPSA) is 27.0 Å². The largest absolute Gasteiger partial charge is 0.367 e. The maximum absolute atomic E-state index is 9.26. The number of fused-ring (bicyclic) bond motifs is 1. The van der Waals surface area contributed by atoms with E-state index in [1.807, 2.05) is 12.1 Å². The van der Waals surface area contributed by atoms with Crippen molar-refractivity contribution < 1.29 is 0 Å². The zero-order valence-electron chi connectivity index (χ0n) is 10.4. The van der Waals surface area contributed by atoms with Crippen molar-refractivity contribution >= 4 is 17.3 Å². The number of anilines is 1. The van der Waals surface area contributed by atoms with Crippen LogP contribution in [0.5, 0.6) is 0 Å². The lowest BCUT2D eigenvalue weighted by molar-refractivity contribution is 0.362. The molecule has 0 N–H and O–H groups in total. The van der Waals surface area contributed by atoms with Crippen molar-refractivity contribution in [3.8, 4) is 6.07 Å². The van der Waals surface area contributed by atoms with Gasteiger partial charge in [0, 0.05) is 17.6 Å². The predicted octanol–water partition coefficient (Wildman–Crippen LogP) is 3.98. The summed E-state index contributed by atoms with van der Waals surface area (Å²) in [4.78, 5) is 2.44. The summed E-state index contributed by atoms with van der Waals surface area (Å²) in [6, 6.07) is 8.54. The van der Waals surface area contributed by atoms with E-state index < -0.39 is 0 Å². The van der Waals surface area contributed by atoms with E-state index in [0.717, 1.165) is 28.7 Å². The number of benzene rings is 1. The highest BCUT2D eigenvalue weighted by atomic mass is 35.5. The second-order valence-corrected chi connectivity index (χ2v) is 5.80. The van der Waals surface area contributed by atoms with Crippen molar-refractivity contribution in [3.63, 3.8) is 0 Å². The van der Waals surface area contributed by atoms with Gasteiger partial charge in [0.15, 0.2) is 0 Å². The molecule has 0 radical (unpaired) electrons. The van der Waals surface area contributed by atoms with Crippen LogP contribution in [0.3, 0.4) is 0 Å². The molecule has 2 atom stereocenters. The Morgan fingerprint density at radius 1 is 1.22 bits per heavy atom. The van der Waals surface area contributed by atoms with Gasteiger partial charge in [-0.2, -0.15) is 5.26 Å². The SMILES string of the molecule is N#Cc1ccc(Cl)cc1N1CCCC2CCCC21. The molecule has 3 rings (SSSR count). The van der Waals surface area contributed by atoms with Crippen LogP contribution in [0.1, 0.15) is 37.7 Å². The number of nitrogens with zero attached hydrogens (tertiary/aromatic N) is 2. The van der Waals surface area contributed by atoms with Crippen LogP contribution in [0.15, 0.2) is 18.2 Å². The van der Waals surface area contributed by atoms with Crippen LogP contribution in [0.2, 0.25) is 5.02 Å². The van der Waals surface area contributed by atoms with E-state index in [2.05, 4.69) is 11.0 Å². The van der Waals surface area contributed by atoms with E-state index in [1.165, 1.54) is 32.1 Å². The van der Waals surface area contributed by atoms with Crippen molar-refractivity contribution in [2.24, 2.45) is 5.92 Å². The van der Waals surface area contributed by atoms with E-state index in [-0.39, 0.29) is 0 Å². The highest BCUT2D eigenvalue weighted by molar-refractivity contribution is 6.30. The smallest absolute Gasteiger partial charge is 0.101 e. The second kappa shape index (κ2) is 4.82. The van der Waals surface area contributed by atoms with E-state index in [4.69, 9.17) is 11.6 Å². The average molecular weight is 261 g/mol. The maximum atomic E-state index is 9.26. The van der Waals surface area contributed by atoms with Crippen LogP contribution in [0, 0.1) is 17.2 Å². The molecule has 3 heteroatoms. The molecule has 2 fully saturated rings. The Morgan fingerprint density at radius 2 is 2.06 bits per heavy atom. The van der Waals surface area contributed by atoms with Gasteiger partial charge in [0.2, 0.25) is 0 Å². The Morgan fingerprint density at radius 3 is 2.89 bits per heavy atom. The number of nitriles is 1. The monoisotopic (exact) mass is 260 g/mol. The zero-order valence-corrected chi connectivity index (χ0v) is 11.2. The summed E-state index contributed by atoms with van der Waals surface area (Å²) in [5.41, 5.74) is 1.80. The number of hydrogen-bond donors (Lipinski definition) is 0. The Bertz CT molecular complexity index is 492. The first-order valence-electron chi connectivity index (χ1n) is 6.76. The van der Waals surface area contributed by atoms with Gasteiger partial charge in [0.25, 0.3) is 0 Å². The maximum Gasteiger partial charge on any atom is 0.101 e. The normalized spacial score (nSPS) is 26.8. The minimum Gasteiger partial charge on any atom is -0.367 e. The number of piperidine rings is 1. The van der Waals surface area contributed by atoms with E-state index >= 15 is 0 Å². The fraction of sp³-hybridized carbons (Fsp3) is 0.533. The summed E-state index contributed by atoms with van der Waals surface area (Å²) in [5, 5.41) is 9.99. The molecule has 18 heavy (non-hydrogen) atoms. The Kier molecular flexibility index (Phi) is 3.18. The highest BCUT2D eigenvalue weighted by Crippen LogP contribution is 2.40. The standard InChI is InChI=1S/C15H17ClN2/c16-13-7-6-12(10-17)15(9-13)18-8-2-4-11-3-1-5-14(11)18/h6-7,9,11,14H,1-5,8H2. The molecule has 2 nitrogen and oxygen atoms in total. The van der Waals surface area contributed by atoms with Gasteiger partial charge >= 0.3 is 0 Å². The molecule has 1 aliphatic carbocycles. The molecule has 94 valence electrons. The third kappa shape index (κ3) is 1.97. The third-order valence-electron chi connectivity index (χ3n) is 4.38. The molecule has 0 aromatic heterocycles. The molecule has 1 aliphatic heterocycles. The lowest BCUT2D eigenvalue weighted by atomic mass is 9.91. The van der Waals surface area contributed by atoms with E-state index in [0.29, 0.717) is 6.04 Å². The summed E-state index contributed by atoms with van der Waals surface area (Å²) < 4.78 is 0. The lowest BCUT2D eigenvalue weighted by Gasteiger charge is -2.40. The van der Waals surface area contributed by atoms with Gasteiger partial charge in [-0.3, -0.25) is 0 Å². The average Bonchev–Trinajstić information content (AvgIpc) is 2.86. The molecule has 0 amide bonds. The number of rotatable bonds is 1. The van der Waals surface area contributed by atoms with Gasteiger partial charge in [0.05, 0.1) is 11.3 Å². The fourth-order valence-electron chi connectivity index (χ4n) is 3.59. The first kappa shape index (κ1) is 11.9. The zero-order chi connectivity index (χ0) is 12.5. The minimum atomic E-state index is 0.629. The molecule has 1 aromatic rings. The van der Waals surface area contributed by atoms with Gasteiger partial charge in [-0.05, 0) is 49.8 Å². The molecule has 1 saturated carbocycles. The molecular weight excluding hydrogens is 244 g/mol. The van der Waals surface area contributed by atoms with Crippen molar-refractivity contribution in [2.75, 3.05) is 11.4 Å². The van der Waals surface area contributed by atoms with Crippen LogP contribution in [-0.2, 0) is 0 Å². The third-order valence-corrected chi connectivity index (χ3v) is 4.62. The van der Waals surface area contributed by atoms with Crippen LogP contribution >= 0.6 is 11.6 Å². The number of halogens is 1. The molecule has 1 saturated heterocycles.